The highest BCUT2D eigenvalue weighted by Gasteiger charge is 2.37. The molecule has 33 heavy (non-hydrogen) atoms. The molecular weight excluding hydrogens is 420 g/mol. The van der Waals surface area contributed by atoms with Gasteiger partial charge in [0.05, 0.1) is 0 Å². The average molecular weight is 449 g/mol. The molecule has 0 spiro atoms. The highest BCUT2D eigenvalue weighted by atomic mass is 16.5. The molecule has 7 nitrogen and oxygen atoms in total. The lowest BCUT2D eigenvalue weighted by Gasteiger charge is -2.35. The highest BCUT2D eigenvalue weighted by molar-refractivity contribution is 5.86. The Bertz CT molecular complexity index is 1010. The van der Waals surface area contributed by atoms with Crippen LogP contribution in [0.2, 0.25) is 0 Å². The van der Waals surface area contributed by atoms with Crippen LogP contribution in [0.25, 0.3) is 11.1 Å². The number of amides is 2. The van der Waals surface area contributed by atoms with Crippen LogP contribution < -0.4 is 10.6 Å². The van der Waals surface area contributed by atoms with Crippen LogP contribution in [-0.4, -0.2) is 41.8 Å². The van der Waals surface area contributed by atoms with Crippen molar-refractivity contribution in [3.05, 3.63) is 72.3 Å². The number of carboxylic acid groups (broad SMARTS) is 1. The molecule has 2 aromatic carbocycles. The van der Waals surface area contributed by atoms with E-state index in [4.69, 9.17) is 4.74 Å². The van der Waals surface area contributed by atoms with Crippen LogP contribution in [0.15, 0.2) is 61.2 Å². The van der Waals surface area contributed by atoms with Crippen molar-refractivity contribution in [2.24, 2.45) is 5.92 Å². The van der Waals surface area contributed by atoms with Gasteiger partial charge < -0.3 is 20.5 Å². The molecule has 0 radical (unpaired) electrons. The maximum atomic E-state index is 12.4. The first-order valence-corrected chi connectivity index (χ1v) is 11.2. The quantitative estimate of drug-likeness (QED) is 0.506. The van der Waals surface area contributed by atoms with Crippen LogP contribution in [0.3, 0.4) is 0 Å². The number of carboxylic acids is 1. The van der Waals surface area contributed by atoms with Gasteiger partial charge in [0.25, 0.3) is 0 Å². The summed E-state index contributed by atoms with van der Waals surface area (Å²) >= 11 is 0. The molecule has 0 aromatic heterocycles. The fourth-order valence-electron chi connectivity index (χ4n) is 4.59. The van der Waals surface area contributed by atoms with E-state index in [1.165, 1.54) is 11.1 Å². The summed E-state index contributed by atoms with van der Waals surface area (Å²) < 4.78 is 5.54. The molecule has 0 bridgehead atoms. The summed E-state index contributed by atoms with van der Waals surface area (Å²) in [5, 5.41) is 14.6. The lowest BCUT2D eigenvalue weighted by molar-refractivity contribution is -0.143. The molecule has 1 fully saturated rings. The van der Waals surface area contributed by atoms with E-state index in [2.05, 4.69) is 41.5 Å². The van der Waals surface area contributed by atoms with Crippen LogP contribution in [0.1, 0.15) is 42.7 Å². The molecule has 0 saturated heterocycles. The van der Waals surface area contributed by atoms with Crippen molar-refractivity contribution < 1.29 is 24.2 Å². The van der Waals surface area contributed by atoms with Crippen molar-refractivity contribution in [2.45, 2.75) is 43.7 Å². The Morgan fingerprint density at radius 3 is 2.24 bits per heavy atom. The van der Waals surface area contributed by atoms with Gasteiger partial charge in [0.1, 0.15) is 12.6 Å². The summed E-state index contributed by atoms with van der Waals surface area (Å²) in [6.45, 7) is 3.81. The topological polar surface area (TPSA) is 105 Å². The number of allylic oxidation sites excluding steroid dienone is 1. The number of ether oxygens (including phenoxy) is 1. The smallest absolute Gasteiger partial charge is 0.407 e. The normalized spacial score (nSPS) is 19.4. The minimum atomic E-state index is -1.06. The van der Waals surface area contributed by atoms with Gasteiger partial charge in [0.2, 0.25) is 5.91 Å². The van der Waals surface area contributed by atoms with Crippen LogP contribution in [0.4, 0.5) is 4.79 Å². The van der Waals surface area contributed by atoms with E-state index >= 15 is 0 Å². The first kappa shape index (κ1) is 22.6. The summed E-state index contributed by atoms with van der Waals surface area (Å²) in [5.41, 5.74) is 4.64. The molecule has 1 atom stereocenters. The zero-order valence-electron chi connectivity index (χ0n) is 18.3. The van der Waals surface area contributed by atoms with Crippen molar-refractivity contribution in [2.75, 3.05) is 6.61 Å². The third-order valence-corrected chi connectivity index (χ3v) is 6.45. The Hall–Kier alpha value is -3.61. The number of aliphatic carboxylic acids is 1. The van der Waals surface area contributed by atoms with Crippen molar-refractivity contribution in [3.63, 3.8) is 0 Å². The summed E-state index contributed by atoms with van der Waals surface area (Å²) in [4.78, 5) is 36.0. The molecule has 2 aliphatic rings. The predicted molar refractivity (Wildman–Crippen MR) is 124 cm³/mol. The maximum absolute atomic E-state index is 12.4. The van der Waals surface area contributed by atoms with E-state index in [0.717, 1.165) is 11.1 Å². The second kappa shape index (κ2) is 9.90. The lowest BCUT2D eigenvalue weighted by Crippen LogP contribution is -2.52. The number of fused-ring (bicyclic) bond motifs is 3. The number of carbonyl (C=O) groups is 3. The fraction of sp³-hybridized carbons (Fsp3) is 0.346. The number of hydrogen-bond acceptors (Lipinski definition) is 4. The lowest BCUT2D eigenvalue weighted by atomic mass is 9.79. The molecule has 0 heterocycles. The number of carbonyl (C=O) groups excluding carboxylic acids is 2. The molecule has 4 rings (SSSR count). The largest absolute Gasteiger partial charge is 0.480 e. The molecule has 3 N–H and O–H groups in total. The van der Waals surface area contributed by atoms with Crippen molar-refractivity contribution in [1.82, 2.24) is 10.6 Å². The number of benzene rings is 2. The molecule has 2 amide bonds. The van der Waals surface area contributed by atoms with Gasteiger partial charge in [-0.05, 0) is 47.9 Å². The molecular formula is C26H28N2O5. The SMILES string of the molecule is C=CCCC(NC(=O)C1CC(NC(=O)OCC2c3ccccc3-c3ccccc32)C1)C(=O)O. The van der Waals surface area contributed by atoms with Gasteiger partial charge in [-0.3, -0.25) is 4.79 Å². The second-order valence-corrected chi connectivity index (χ2v) is 8.60. The van der Waals surface area contributed by atoms with E-state index in [-0.39, 0.29) is 30.4 Å². The Morgan fingerprint density at radius 2 is 1.67 bits per heavy atom. The highest BCUT2D eigenvalue weighted by Crippen LogP contribution is 2.44. The van der Waals surface area contributed by atoms with Gasteiger partial charge in [0.15, 0.2) is 0 Å². The number of alkyl carbamates (subject to hydrolysis) is 1. The van der Waals surface area contributed by atoms with Crippen molar-refractivity contribution in [3.8, 4) is 11.1 Å². The molecule has 7 heteroatoms. The number of rotatable bonds is 9. The summed E-state index contributed by atoms with van der Waals surface area (Å²) in [6.07, 6.45) is 2.86. The molecule has 2 aliphatic carbocycles. The Kier molecular flexibility index (Phi) is 6.77. The summed E-state index contributed by atoms with van der Waals surface area (Å²) in [7, 11) is 0. The monoisotopic (exact) mass is 448 g/mol. The first-order valence-electron chi connectivity index (χ1n) is 11.2. The number of nitrogens with one attached hydrogen (secondary N) is 2. The van der Waals surface area contributed by atoms with Gasteiger partial charge in [-0.2, -0.15) is 0 Å². The van der Waals surface area contributed by atoms with E-state index in [0.29, 0.717) is 25.7 Å². The molecule has 2 aromatic rings. The first-order chi connectivity index (χ1) is 16.0. The minimum absolute atomic E-state index is 0.00779. The van der Waals surface area contributed by atoms with Crippen LogP contribution in [0.5, 0.6) is 0 Å². The Morgan fingerprint density at radius 1 is 1.06 bits per heavy atom. The number of hydrogen-bond donors (Lipinski definition) is 3. The predicted octanol–water partition coefficient (Wildman–Crippen LogP) is 3.84. The molecule has 172 valence electrons. The van der Waals surface area contributed by atoms with E-state index in [1.807, 2.05) is 24.3 Å². The summed E-state index contributed by atoms with van der Waals surface area (Å²) in [5.74, 6) is -1.67. The average Bonchev–Trinajstić information content (AvgIpc) is 3.10. The zero-order valence-corrected chi connectivity index (χ0v) is 18.3. The molecule has 1 saturated carbocycles. The van der Waals surface area contributed by atoms with Crippen LogP contribution in [-0.2, 0) is 14.3 Å². The fourth-order valence-corrected chi connectivity index (χ4v) is 4.59. The third-order valence-electron chi connectivity index (χ3n) is 6.45. The van der Waals surface area contributed by atoms with Crippen LogP contribution in [0, 0.1) is 5.92 Å². The van der Waals surface area contributed by atoms with Crippen molar-refractivity contribution in [1.29, 1.82) is 0 Å². The van der Waals surface area contributed by atoms with Crippen LogP contribution >= 0.6 is 0 Å². The van der Waals surface area contributed by atoms with Gasteiger partial charge in [-0.1, -0.05) is 54.6 Å². The van der Waals surface area contributed by atoms with Gasteiger partial charge in [-0.25, -0.2) is 9.59 Å². The maximum Gasteiger partial charge on any atom is 0.407 e. The van der Waals surface area contributed by atoms with Gasteiger partial charge in [0, 0.05) is 17.9 Å². The van der Waals surface area contributed by atoms with Gasteiger partial charge >= 0.3 is 12.1 Å². The van der Waals surface area contributed by atoms with Gasteiger partial charge in [-0.15, -0.1) is 6.58 Å². The van der Waals surface area contributed by atoms with Crippen molar-refractivity contribution >= 4 is 18.0 Å². The molecule has 1 unspecified atom stereocenters. The Labute approximate surface area is 192 Å². The van der Waals surface area contributed by atoms with E-state index in [1.54, 1.807) is 6.08 Å². The zero-order chi connectivity index (χ0) is 23.4. The molecule has 0 aliphatic heterocycles. The standard InChI is InChI=1S/C26H28N2O5/c1-2-3-12-23(25(30)31)28-24(29)16-13-17(14-16)27-26(32)33-15-22-20-10-6-4-8-18(20)19-9-5-7-11-21(19)22/h2,4-11,16-17,22-23H,1,3,12-15H2,(H,27,32)(H,28,29)(H,30,31). The van der Waals surface area contributed by atoms with E-state index < -0.39 is 18.1 Å². The van der Waals surface area contributed by atoms with E-state index in [9.17, 15) is 19.5 Å². The Balaban J connectivity index is 1.25. The summed E-state index contributed by atoms with van der Waals surface area (Å²) in [6, 6.07) is 15.2. The third kappa shape index (κ3) is 4.92. The minimum Gasteiger partial charge on any atom is -0.480 e. The second-order valence-electron chi connectivity index (χ2n) is 8.60.